The Morgan fingerprint density at radius 1 is 0.621 bits per heavy atom. The van der Waals surface area contributed by atoms with Gasteiger partial charge in [-0.15, -0.1) is 0 Å². The van der Waals surface area contributed by atoms with Gasteiger partial charge in [0.25, 0.3) is 5.95 Å². The first-order chi connectivity index (χ1) is 12.5. The number of nitrogens with one attached hydrogen (secondary N) is 1. The van der Waals surface area contributed by atoms with Gasteiger partial charge in [0.15, 0.2) is 0 Å². The van der Waals surface area contributed by atoms with Gasteiger partial charge in [0.1, 0.15) is 0 Å². The monoisotopic (exact) mass is 467 g/mol. The Kier molecular flexibility index (Phi) is 5.54. The molecule has 0 aliphatic heterocycles. The highest BCUT2D eigenvalue weighted by molar-refractivity contribution is 5.22. The zero-order chi connectivity index (χ0) is 23.5. The molecule has 0 atom stereocenters. The smallest absolute Gasteiger partial charge is 0.355 e. The molecule has 0 aliphatic carbocycles. The molecule has 0 aliphatic rings. The number of hydrogen-bond donors (Lipinski definition) is 1. The van der Waals surface area contributed by atoms with E-state index < -0.39 is 53.6 Å². The maximum absolute atomic E-state index is 13.6. The Balaban J connectivity index is 3.60. The van der Waals surface area contributed by atoms with Crippen molar-refractivity contribution in [3.63, 3.8) is 0 Å². The maximum atomic E-state index is 13.6. The highest BCUT2D eigenvalue weighted by Crippen LogP contribution is 2.63. The number of halogens is 15. The molecule has 0 radical (unpaired) electrons. The van der Waals surface area contributed by atoms with Gasteiger partial charge in [0.2, 0.25) is 0 Å². The van der Waals surface area contributed by atoms with Gasteiger partial charge in [-0.25, -0.2) is 0 Å². The van der Waals surface area contributed by atoms with Crippen LogP contribution in [0.1, 0.15) is 5.89 Å². The molecule has 0 bridgehead atoms. The molecule has 0 spiro atoms. The van der Waals surface area contributed by atoms with Crippen molar-refractivity contribution < 1.29 is 70.4 Å². The number of hydrogen-bond acceptors (Lipinski definition) is 4. The first-order valence-corrected chi connectivity index (χ1v) is 6.39. The lowest BCUT2D eigenvalue weighted by Gasteiger charge is -2.40. The molecule has 0 fully saturated rings. The number of nitrogens with zero attached hydrogens (tertiary/aromatic N) is 2. The SMILES string of the molecule is CNc1noc(C(F)(F)C(F)(F)C(F)(F)C(F)(F)C(F)(F)C(F)(F)C(F)(F)F)n1. The zero-order valence-electron chi connectivity index (χ0n) is 13.0. The molecule has 170 valence electrons. The number of rotatable bonds is 7. The normalized spacial score (nSPS) is 15.6. The van der Waals surface area contributed by atoms with Crippen LogP contribution in [0.4, 0.5) is 71.8 Å². The fraction of sp³-hybridized carbons (Fsp3) is 0.800. The van der Waals surface area contributed by atoms with Crippen molar-refractivity contribution in [3.05, 3.63) is 5.89 Å². The molecule has 0 saturated carbocycles. The second kappa shape index (κ2) is 6.44. The fourth-order valence-electron chi connectivity index (χ4n) is 1.55. The molecule has 29 heavy (non-hydrogen) atoms. The minimum atomic E-state index is -8.36. The van der Waals surface area contributed by atoms with E-state index in [0.717, 1.165) is 7.05 Å². The van der Waals surface area contributed by atoms with E-state index in [4.69, 9.17) is 0 Å². The third-order valence-corrected chi connectivity index (χ3v) is 3.25. The van der Waals surface area contributed by atoms with E-state index in [9.17, 15) is 65.9 Å². The van der Waals surface area contributed by atoms with Crippen LogP contribution in [0.5, 0.6) is 0 Å². The minimum absolute atomic E-state index is 0.827. The van der Waals surface area contributed by atoms with Gasteiger partial charge < -0.3 is 9.84 Å². The molecule has 19 heteroatoms. The van der Waals surface area contributed by atoms with Gasteiger partial charge in [0, 0.05) is 7.05 Å². The lowest BCUT2D eigenvalue weighted by molar-refractivity contribution is -0.454. The molecule has 1 N–H and O–H groups in total. The van der Waals surface area contributed by atoms with Crippen LogP contribution in [0.3, 0.4) is 0 Å². The minimum Gasteiger partial charge on any atom is -0.355 e. The van der Waals surface area contributed by atoms with Gasteiger partial charge >= 0.3 is 47.6 Å². The predicted molar refractivity (Wildman–Crippen MR) is 58.5 cm³/mol. The molecule has 4 nitrogen and oxygen atoms in total. The Morgan fingerprint density at radius 3 is 1.34 bits per heavy atom. The zero-order valence-corrected chi connectivity index (χ0v) is 13.0. The average Bonchev–Trinajstić information content (AvgIpc) is 3.02. The highest BCUT2D eigenvalue weighted by Gasteiger charge is 2.94. The van der Waals surface area contributed by atoms with Crippen LogP contribution in [0.25, 0.3) is 0 Å². The van der Waals surface area contributed by atoms with Crippen LogP contribution in [-0.4, -0.2) is 53.0 Å². The Bertz CT molecular complexity index is 737. The van der Waals surface area contributed by atoms with Gasteiger partial charge in [-0.05, 0) is 5.16 Å². The summed E-state index contributed by atoms with van der Waals surface area (Å²) in [5, 5.41) is 4.15. The summed E-state index contributed by atoms with van der Waals surface area (Å²) in [5.74, 6) is -51.3. The molecular formula is C10H4F15N3O. The molecule has 1 rings (SSSR count). The van der Waals surface area contributed by atoms with Crippen molar-refractivity contribution in [1.29, 1.82) is 0 Å². The highest BCUT2D eigenvalue weighted by atomic mass is 19.4. The summed E-state index contributed by atoms with van der Waals surface area (Å²) in [7, 11) is 0.827. The summed E-state index contributed by atoms with van der Waals surface area (Å²) in [4.78, 5) is 2.30. The van der Waals surface area contributed by atoms with E-state index in [0.29, 0.717) is 0 Å². The Hall–Kier alpha value is -2.11. The maximum Gasteiger partial charge on any atom is 0.460 e. The number of anilines is 1. The molecular weight excluding hydrogens is 463 g/mol. The fourth-order valence-corrected chi connectivity index (χ4v) is 1.55. The summed E-state index contributed by atoms with van der Waals surface area (Å²) in [6.07, 6.45) is -7.65. The second-order valence-corrected chi connectivity index (χ2v) is 5.12. The van der Waals surface area contributed by atoms with E-state index in [-0.39, 0.29) is 0 Å². The Morgan fingerprint density at radius 2 is 1.00 bits per heavy atom. The van der Waals surface area contributed by atoms with E-state index >= 15 is 0 Å². The lowest BCUT2D eigenvalue weighted by atomic mass is 9.91. The van der Waals surface area contributed by atoms with Crippen LogP contribution in [-0.2, 0) is 5.92 Å². The van der Waals surface area contributed by atoms with Crippen molar-refractivity contribution in [2.24, 2.45) is 0 Å². The van der Waals surface area contributed by atoms with Crippen molar-refractivity contribution in [2.75, 3.05) is 12.4 Å². The summed E-state index contributed by atoms with van der Waals surface area (Å²) < 4.78 is 198. The van der Waals surface area contributed by atoms with Crippen molar-refractivity contribution in [2.45, 2.75) is 41.7 Å². The van der Waals surface area contributed by atoms with Gasteiger partial charge in [-0.1, -0.05) is 0 Å². The van der Waals surface area contributed by atoms with Crippen molar-refractivity contribution >= 4 is 5.95 Å². The summed E-state index contributed by atoms with van der Waals surface area (Å²) in [5.41, 5.74) is 0. The van der Waals surface area contributed by atoms with E-state index in [1.807, 2.05) is 0 Å². The third kappa shape index (κ3) is 3.11. The first-order valence-electron chi connectivity index (χ1n) is 6.39. The molecule has 1 aromatic heterocycles. The average molecular weight is 467 g/mol. The van der Waals surface area contributed by atoms with Crippen LogP contribution in [0.15, 0.2) is 4.52 Å². The van der Waals surface area contributed by atoms with Crippen LogP contribution < -0.4 is 5.32 Å². The van der Waals surface area contributed by atoms with Crippen LogP contribution in [0, 0.1) is 0 Å². The van der Waals surface area contributed by atoms with E-state index in [1.165, 1.54) is 0 Å². The number of alkyl halides is 15. The molecule has 0 amide bonds. The number of aromatic nitrogens is 2. The molecule has 0 aromatic carbocycles. The summed E-state index contributed by atoms with van der Waals surface area (Å²) in [6, 6.07) is 0. The first kappa shape index (κ1) is 24.9. The summed E-state index contributed by atoms with van der Waals surface area (Å²) >= 11 is 0. The van der Waals surface area contributed by atoms with Gasteiger partial charge in [-0.3, -0.25) is 0 Å². The molecule has 1 heterocycles. The van der Waals surface area contributed by atoms with E-state index in [2.05, 4.69) is 14.7 Å². The van der Waals surface area contributed by atoms with Crippen molar-refractivity contribution in [1.82, 2.24) is 10.1 Å². The second-order valence-electron chi connectivity index (χ2n) is 5.12. The molecule has 0 unspecified atom stereocenters. The quantitative estimate of drug-likeness (QED) is 0.578. The largest absolute Gasteiger partial charge is 0.460 e. The lowest BCUT2D eigenvalue weighted by Crippen LogP contribution is -2.72. The van der Waals surface area contributed by atoms with Gasteiger partial charge in [-0.2, -0.15) is 70.8 Å². The predicted octanol–water partition coefficient (Wildman–Crippen LogP) is 4.94. The molecule has 1 aromatic rings. The van der Waals surface area contributed by atoms with E-state index in [1.54, 1.807) is 5.32 Å². The summed E-state index contributed by atoms with van der Waals surface area (Å²) in [6.45, 7) is 0. The Labute approximate surface area is 148 Å². The topological polar surface area (TPSA) is 51.0 Å². The van der Waals surface area contributed by atoms with Crippen LogP contribution >= 0.6 is 0 Å². The standard InChI is InChI=1S/C10H4F15N3O/c1-26-3-27-2(29-28-3)4(11,12)5(13,14)6(15,16)7(17,18)8(19,20)9(21,22)10(23,24)25/h1H3,(H,26,28). The van der Waals surface area contributed by atoms with Crippen molar-refractivity contribution in [3.8, 4) is 0 Å². The van der Waals surface area contributed by atoms with Crippen LogP contribution in [0.2, 0.25) is 0 Å². The van der Waals surface area contributed by atoms with Gasteiger partial charge in [0.05, 0.1) is 0 Å². The molecule has 0 saturated heterocycles. The third-order valence-electron chi connectivity index (χ3n) is 3.25.